The molecular formula is C19H15BrClF3O5. The van der Waals surface area contributed by atoms with Gasteiger partial charge in [0.1, 0.15) is 11.5 Å². The van der Waals surface area contributed by atoms with Crippen LogP contribution in [0.2, 0.25) is 5.02 Å². The van der Waals surface area contributed by atoms with Crippen molar-refractivity contribution in [2.24, 2.45) is 0 Å². The lowest BCUT2D eigenvalue weighted by Crippen LogP contribution is -2.26. The Hall–Kier alpha value is -2.26. The molecule has 0 aliphatic rings. The molecule has 2 aromatic carbocycles. The van der Waals surface area contributed by atoms with Crippen molar-refractivity contribution in [3.8, 4) is 11.5 Å². The number of halogens is 5. The fourth-order valence-electron chi connectivity index (χ4n) is 2.14. The Morgan fingerprint density at radius 1 is 1.17 bits per heavy atom. The maximum atomic E-state index is 12.7. The second kappa shape index (κ2) is 9.49. The molecule has 0 spiro atoms. The molecule has 0 amide bonds. The minimum Gasteiger partial charge on any atom is -0.463 e. The average molecular weight is 496 g/mol. The zero-order chi connectivity index (χ0) is 21.8. The molecule has 0 radical (unpaired) electrons. The summed E-state index contributed by atoms with van der Waals surface area (Å²) < 4.78 is 53.9. The van der Waals surface area contributed by atoms with E-state index in [4.69, 9.17) is 25.8 Å². The summed E-state index contributed by atoms with van der Waals surface area (Å²) in [7, 11) is 0. The van der Waals surface area contributed by atoms with E-state index in [1.54, 1.807) is 6.92 Å². The van der Waals surface area contributed by atoms with Crippen LogP contribution in [0.5, 0.6) is 11.5 Å². The van der Waals surface area contributed by atoms with Gasteiger partial charge in [-0.2, -0.15) is 13.2 Å². The molecule has 0 aromatic heterocycles. The van der Waals surface area contributed by atoms with Gasteiger partial charge in [0, 0.05) is 4.47 Å². The number of esters is 2. The van der Waals surface area contributed by atoms with Gasteiger partial charge in [0.05, 0.1) is 22.8 Å². The predicted molar refractivity (Wildman–Crippen MR) is 102 cm³/mol. The molecule has 0 N–H and O–H groups in total. The molecule has 1 atom stereocenters. The second-order valence-corrected chi connectivity index (χ2v) is 6.95. The zero-order valence-corrected chi connectivity index (χ0v) is 17.5. The van der Waals surface area contributed by atoms with E-state index < -0.39 is 29.8 Å². The molecule has 0 aliphatic carbocycles. The summed E-state index contributed by atoms with van der Waals surface area (Å²) in [4.78, 5) is 24.0. The molecule has 1 unspecified atom stereocenters. The Balaban J connectivity index is 2.21. The zero-order valence-electron chi connectivity index (χ0n) is 15.2. The highest BCUT2D eigenvalue weighted by molar-refractivity contribution is 9.10. The topological polar surface area (TPSA) is 61.8 Å². The van der Waals surface area contributed by atoms with Gasteiger partial charge >= 0.3 is 18.1 Å². The molecule has 10 heteroatoms. The summed E-state index contributed by atoms with van der Waals surface area (Å²) >= 11 is 9.07. The van der Waals surface area contributed by atoms with E-state index in [0.29, 0.717) is 4.47 Å². The van der Waals surface area contributed by atoms with Gasteiger partial charge in [-0.25, -0.2) is 9.59 Å². The van der Waals surface area contributed by atoms with Crippen LogP contribution >= 0.6 is 27.5 Å². The summed E-state index contributed by atoms with van der Waals surface area (Å²) in [5.41, 5.74) is -0.871. The lowest BCUT2D eigenvalue weighted by Gasteiger charge is -2.14. The monoisotopic (exact) mass is 494 g/mol. The molecule has 156 valence electrons. The van der Waals surface area contributed by atoms with Gasteiger partial charge in [-0.15, -0.1) is 0 Å². The van der Waals surface area contributed by atoms with Gasteiger partial charge in [0.2, 0.25) is 0 Å². The third-order valence-corrected chi connectivity index (χ3v) is 4.53. The Bertz CT molecular complexity index is 917. The Morgan fingerprint density at radius 3 is 2.45 bits per heavy atom. The highest BCUT2D eigenvalue weighted by Gasteiger charge is 2.31. The highest BCUT2D eigenvalue weighted by atomic mass is 79.9. The van der Waals surface area contributed by atoms with Gasteiger partial charge in [0.25, 0.3) is 0 Å². The number of carbonyl (C=O) groups excluding carboxylic acids is 2. The second-order valence-electron chi connectivity index (χ2n) is 5.69. The summed E-state index contributed by atoms with van der Waals surface area (Å²) in [6.45, 7) is 3.13. The van der Waals surface area contributed by atoms with E-state index in [2.05, 4.69) is 15.9 Å². The standard InChI is InChI=1S/C19H15BrClF3O5/c1-3-27-17(25)10(2)28-18(26)13-9-12(5-6-14(13)20)29-16-7-4-11(8-15(16)21)19(22,23)24/h4-10H,3H2,1-2H3. The van der Waals surface area contributed by atoms with Crippen LogP contribution in [0.25, 0.3) is 0 Å². The van der Waals surface area contributed by atoms with Crippen molar-refractivity contribution in [2.45, 2.75) is 26.1 Å². The van der Waals surface area contributed by atoms with Gasteiger partial charge < -0.3 is 14.2 Å². The molecule has 0 aliphatic heterocycles. The molecule has 0 fully saturated rings. The third-order valence-electron chi connectivity index (χ3n) is 3.55. The Labute approximate surface area is 177 Å². The third kappa shape index (κ3) is 6.11. The maximum Gasteiger partial charge on any atom is 0.416 e. The maximum absolute atomic E-state index is 12.7. The molecular weight excluding hydrogens is 481 g/mol. The number of hydrogen-bond acceptors (Lipinski definition) is 5. The number of hydrogen-bond donors (Lipinski definition) is 0. The van der Waals surface area contributed by atoms with Crippen LogP contribution < -0.4 is 4.74 Å². The van der Waals surface area contributed by atoms with Gasteiger partial charge in [0.15, 0.2) is 6.10 Å². The van der Waals surface area contributed by atoms with Crippen LogP contribution in [0.1, 0.15) is 29.8 Å². The lowest BCUT2D eigenvalue weighted by molar-refractivity contribution is -0.152. The number of carbonyl (C=O) groups is 2. The van der Waals surface area contributed by atoms with Crippen molar-refractivity contribution >= 4 is 39.5 Å². The molecule has 2 aromatic rings. The fourth-order valence-corrected chi connectivity index (χ4v) is 2.77. The number of benzene rings is 2. The molecule has 0 saturated heterocycles. The SMILES string of the molecule is CCOC(=O)C(C)OC(=O)c1cc(Oc2ccc(C(F)(F)F)cc2Cl)ccc1Br. The Morgan fingerprint density at radius 2 is 1.86 bits per heavy atom. The number of alkyl halides is 3. The van der Waals surface area contributed by atoms with Crippen molar-refractivity contribution in [1.29, 1.82) is 0 Å². The molecule has 5 nitrogen and oxygen atoms in total. The lowest BCUT2D eigenvalue weighted by atomic mass is 10.2. The van der Waals surface area contributed by atoms with E-state index in [0.717, 1.165) is 18.2 Å². The van der Waals surface area contributed by atoms with Crippen molar-refractivity contribution in [1.82, 2.24) is 0 Å². The molecule has 2 rings (SSSR count). The molecule has 0 bridgehead atoms. The normalized spacial score (nSPS) is 12.2. The van der Waals surface area contributed by atoms with Crippen molar-refractivity contribution in [2.75, 3.05) is 6.61 Å². The molecule has 29 heavy (non-hydrogen) atoms. The van der Waals surface area contributed by atoms with Crippen molar-refractivity contribution < 1.29 is 37.0 Å². The first kappa shape index (κ1) is 23.0. The summed E-state index contributed by atoms with van der Waals surface area (Å²) in [5, 5.41) is -0.247. The summed E-state index contributed by atoms with van der Waals surface area (Å²) in [6.07, 6.45) is -5.66. The average Bonchev–Trinajstić information content (AvgIpc) is 2.64. The van der Waals surface area contributed by atoms with Gasteiger partial charge in [-0.3, -0.25) is 0 Å². The van der Waals surface area contributed by atoms with Gasteiger partial charge in [-0.05, 0) is 66.2 Å². The predicted octanol–water partition coefficient (Wildman–Crippen LogP) is 6.02. The van der Waals surface area contributed by atoms with Crippen LogP contribution in [0.15, 0.2) is 40.9 Å². The fraction of sp³-hybridized carbons (Fsp3) is 0.263. The van der Waals surface area contributed by atoms with Crippen molar-refractivity contribution in [3.05, 3.63) is 57.0 Å². The van der Waals surface area contributed by atoms with Crippen LogP contribution in [-0.4, -0.2) is 24.6 Å². The first-order valence-corrected chi connectivity index (χ1v) is 9.41. The van der Waals surface area contributed by atoms with Gasteiger partial charge in [-0.1, -0.05) is 11.6 Å². The van der Waals surface area contributed by atoms with E-state index in [1.165, 1.54) is 25.1 Å². The first-order chi connectivity index (χ1) is 13.5. The largest absolute Gasteiger partial charge is 0.463 e. The summed E-state index contributed by atoms with van der Waals surface area (Å²) in [5.74, 6) is -1.41. The first-order valence-electron chi connectivity index (χ1n) is 8.24. The van der Waals surface area contributed by atoms with Crippen LogP contribution in [0, 0.1) is 0 Å². The minimum absolute atomic E-state index is 0.0267. The summed E-state index contributed by atoms with van der Waals surface area (Å²) in [6, 6.07) is 6.91. The smallest absolute Gasteiger partial charge is 0.416 e. The van der Waals surface area contributed by atoms with Crippen LogP contribution in [-0.2, 0) is 20.4 Å². The van der Waals surface area contributed by atoms with E-state index in [-0.39, 0.29) is 28.7 Å². The van der Waals surface area contributed by atoms with Crippen LogP contribution in [0.3, 0.4) is 0 Å². The quantitative estimate of drug-likeness (QED) is 0.459. The number of rotatable bonds is 6. The van der Waals surface area contributed by atoms with Crippen molar-refractivity contribution in [3.63, 3.8) is 0 Å². The number of ether oxygens (including phenoxy) is 3. The minimum atomic E-state index is -4.54. The van der Waals surface area contributed by atoms with E-state index >= 15 is 0 Å². The molecule has 0 saturated carbocycles. The van der Waals surface area contributed by atoms with Crippen LogP contribution in [0.4, 0.5) is 13.2 Å². The molecule has 0 heterocycles. The van der Waals surface area contributed by atoms with E-state index in [9.17, 15) is 22.8 Å². The highest BCUT2D eigenvalue weighted by Crippen LogP contribution is 2.37. The Kier molecular flexibility index (Phi) is 7.54. The van der Waals surface area contributed by atoms with E-state index in [1.807, 2.05) is 0 Å².